The summed E-state index contributed by atoms with van der Waals surface area (Å²) >= 11 is 8.90. The molecule has 1 N–H and O–H groups in total. The van der Waals surface area contributed by atoms with Gasteiger partial charge in [0.15, 0.2) is 0 Å². The van der Waals surface area contributed by atoms with Gasteiger partial charge >= 0.3 is 6.09 Å². The van der Waals surface area contributed by atoms with E-state index in [1.807, 2.05) is 0 Å². The number of hydrogen-bond acceptors (Lipinski definition) is 2. The molecule has 3 nitrogen and oxygen atoms in total. The van der Waals surface area contributed by atoms with E-state index < -0.39 is 17.5 Å². The van der Waals surface area contributed by atoms with Crippen LogP contribution in [0.4, 0.5) is 9.18 Å². The summed E-state index contributed by atoms with van der Waals surface area (Å²) in [4.78, 5) is 11.4. The van der Waals surface area contributed by atoms with Gasteiger partial charge in [0, 0.05) is 16.6 Å². The molecule has 0 heterocycles. The van der Waals surface area contributed by atoms with Crippen LogP contribution >= 0.6 is 27.5 Å². The molecule has 0 atom stereocenters. The Morgan fingerprint density at radius 3 is 2.67 bits per heavy atom. The lowest BCUT2D eigenvalue weighted by atomic mass is 10.2. The van der Waals surface area contributed by atoms with Gasteiger partial charge in [0.2, 0.25) is 0 Å². The van der Waals surface area contributed by atoms with E-state index in [0.29, 0.717) is 10.0 Å². The third-order valence-electron chi connectivity index (χ3n) is 1.89. The predicted octanol–water partition coefficient (Wildman–Crippen LogP) is 4.27. The van der Waals surface area contributed by atoms with E-state index in [2.05, 4.69) is 21.2 Å². The Morgan fingerprint density at radius 1 is 1.50 bits per heavy atom. The van der Waals surface area contributed by atoms with Crippen molar-refractivity contribution in [3.05, 3.63) is 33.0 Å². The highest BCUT2D eigenvalue weighted by Crippen LogP contribution is 2.24. The summed E-state index contributed by atoms with van der Waals surface area (Å²) in [6.45, 7) is 5.27. The quantitative estimate of drug-likeness (QED) is 0.818. The average Bonchev–Trinajstić information content (AvgIpc) is 2.18. The summed E-state index contributed by atoms with van der Waals surface area (Å²) in [6, 6.07) is 3.01. The van der Waals surface area contributed by atoms with Crippen LogP contribution in [0.25, 0.3) is 0 Å². The van der Waals surface area contributed by atoms with Gasteiger partial charge in [-0.1, -0.05) is 27.5 Å². The molecule has 1 aromatic carbocycles. The summed E-state index contributed by atoms with van der Waals surface area (Å²) in [5.74, 6) is -0.545. The number of amides is 1. The number of hydrogen-bond donors (Lipinski definition) is 1. The molecular formula is C12H14BrClFNO2. The van der Waals surface area contributed by atoms with E-state index in [0.717, 1.165) is 0 Å². The number of rotatable bonds is 2. The molecule has 6 heteroatoms. The molecule has 0 aromatic heterocycles. The maximum absolute atomic E-state index is 13.6. The molecule has 1 amide bonds. The lowest BCUT2D eigenvalue weighted by molar-refractivity contribution is 0.0523. The van der Waals surface area contributed by atoms with Crippen LogP contribution in [-0.2, 0) is 11.3 Å². The second kappa shape index (κ2) is 5.89. The highest BCUT2D eigenvalue weighted by molar-refractivity contribution is 9.10. The van der Waals surface area contributed by atoms with Gasteiger partial charge in [-0.2, -0.15) is 0 Å². The van der Waals surface area contributed by atoms with Crippen molar-refractivity contribution in [1.29, 1.82) is 0 Å². The zero-order chi connectivity index (χ0) is 13.9. The lowest BCUT2D eigenvalue weighted by Gasteiger charge is -2.19. The predicted molar refractivity (Wildman–Crippen MR) is 72.2 cm³/mol. The monoisotopic (exact) mass is 337 g/mol. The molecule has 0 bridgehead atoms. The minimum Gasteiger partial charge on any atom is -0.444 e. The first-order chi connectivity index (χ1) is 8.19. The Bertz CT molecular complexity index is 460. The van der Waals surface area contributed by atoms with E-state index in [1.54, 1.807) is 26.8 Å². The van der Waals surface area contributed by atoms with Crippen LogP contribution in [0.5, 0.6) is 0 Å². The molecule has 1 rings (SSSR count). The molecular weight excluding hydrogens is 324 g/mol. The summed E-state index contributed by atoms with van der Waals surface area (Å²) in [7, 11) is 0. The lowest BCUT2D eigenvalue weighted by Crippen LogP contribution is -2.32. The highest BCUT2D eigenvalue weighted by Gasteiger charge is 2.16. The first-order valence-electron chi connectivity index (χ1n) is 5.29. The van der Waals surface area contributed by atoms with Gasteiger partial charge < -0.3 is 10.1 Å². The summed E-state index contributed by atoms with van der Waals surface area (Å²) in [6.07, 6.45) is -0.599. The van der Waals surface area contributed by atoms with E-state index >= 15 is 0 Å². The van der Waals surface area contributed by atoms with Crippen molar-refractivity contribution < 1.29 is 13.9 Å². The van der Waals surface area contributed by atoms with Gasteiger partial charge in [-0.3, -0.25) is 0 Å². The van der Waals surface area contributed by atoms with Gasteiger partial charge in [-0.15, -0.1) is 0 Å². The van der Waals surface area contributed by atoms with Gasteiger partial charge in [0.25, 0.3) is 0 Å². The Hall–Kier alpha value is -0.810. The van der Waals surface area contributed by atoms with Crippen molar-refractivity contribution in [2.24, 2.45) is 0 Å². The second-order valence-electron chi connectivity index (χ2n) is 4.72. The standard InChI is InChI=1S/C12H14BrClFNO2/c1-12(2,3)18-11(17)16-6-7-4-8(13)5-9(14)10(7)15/h4-5H,6H2,1-3H3,(H,16,17). The van der Waals surface area contributed by atoms with Gasteiger partial charge in [-0.25, -0.2) is 9.18 Å². The number of carbonyl (C=O) groups is 1. The average molecular weight is 339 g/mol. The minimum absolute atomic E-state index is 0.00497. The molecule has 0 aliphatic heterocycles. The van der Waals surface area contributed by atoms with E-state index in [1.165, 1.54) is 6.07 Å². The summed E-state index contributed by atoms with van der Waals surface area (Å²) in [5.41, 5.74) is -0.294. The number of nitrogens with one attached hydrogen (secondary N) is 1. The number of alkyl carbamates (subject to hydrolysis) is 1. The highest BCUT2D eigenvalue weighted by atomic mass is 79.9. The zero-order valence-electron chi connectivity index (χ0n) is 10.3. The molecule has 0 saturated heterocycles. The zero-order valence-corrected chi connectivity index (χ0v) is 12.7. The third kappa shape index (κ3) is 4.82. The van der Waals surface area contributed by atoms with Crippen molar-refractivity contribution in [3.8, 4) is 0 Å². The molecule has 0 aliphatic carbocycles. The molecule has 0 saturated carbocycles. The Labute approximate surface area is 119 Å². The van der Waals surface area contributed by atoms with Crippen LogP contribution in [-0.4, -0.2) is 11.7 Å². The Balaban J connectivity index is 2.67. The summed E-state index contributed by atoms with van der Waals surface area (Å²) < 4.78 is 19.3. The Kier molecular flexibility index (Phi) is 4.99. The third-order valence-corrected chi connectivity index (χ3v) is 2.62. The van der Waals surface area contributed by atoms with Crippen LogP contribution < -0.4 is 5.32 Å². The van der Waals surface area contributed by atoms with E-state index in [9.17, 15) is 9.18 Å². The number of carbonyl (C=O) groups excluding carboxylic acids is 1. The fraction of sp³-hybridized carbons (Fsp3) is 0.417. The van der Waals surface area contributed by atoms with Crippen LogP contribution in [0.3, 0.4) is 0 Å². The first-order valence-corrected chi connectivity index (χ1v) is 6.46. The van der Waals surface area contributed by atoms with Crippen molar-refractivity contribution in [2.75, 3.05) is 0 Å². The van der Waals surface area contributed by atoms with Crippen molar-refractivity contribution in [3.63, 3.8) is 0 Å². The minimum atomic E-state index is -0.599. The molecule has 0 fully saturated rings. The summed E-state index contributed by atoms with van der Waals surface area (Å²) in [5, 5.41) is 2.48. The smallest absolute Gasteiger partial charge is 0.407 e. The van der Waals surface area contributed by atoms with E-state index in [4.69, 9.17) is 16.3 Å². The maximum atomic E-state index is 13.6. The number of benzene rings is 1. The van der Waals surface area contributed by atoms with Crippen LogP contribution in [0, 0.1) is 5.82 Å². The van der Waals surface area contributed by atoms with Gasteiger partial charge in [0.1, 0.15) is 11.4 Å². The number of halogens is 3. The largest absolute Gasteiger partial charge is 0.444 e. The fourth-order valence-electron chi connectivity index (χ4n) is 1.22. The van der Waals surface area contributed by atoms with Crippen molar-refractivity contribution >= 4 is 33.6 Å². The first kappa shape index (κ1) is 15.2. The SMILES string of the molecule is CC(C)(C)OC(=O)NCc1cc(Br)cc(Cl)c1F. The molecule has 100 valence electrons. The Morgan fingerprint density at radius 2 is 2.11 bits per heavy atom. The number of ether oxygens (including phenoxy) is 1. The van der Waals surface area contributed by atoms with Gasteiger partial charge in [-0.05, 0) is 32.9 Å². The molecule has 0 unspecified atom stereocenters. The van der Waals surface area contributed by atoms with E-state index in [-0.39, 0.29) is 11.6 Å². The topological polar surface area (TPSA) is 38.3 Å². The fourth-order valence-corrected chi connectivity index (χ4v) is 2.10. The molecule has 18 heavy (non-hydrogen) atoms. The van der Waals surface area contributed by atoms with Gasteiger partial charge in [0.05, 0.1) is 5.02 Å². The maximum Gasteiger partial charge on any atom is 0.407 e. The molecule has 0 spiro atoms. The molecule has 1 aromatic rings. The van der Waals surface area contributed by atoms with Crippen molar-refractivity contribution in [2.45, 2.75) is 32.9 Å². The van der Waals surface area contributed by atoms with Crippen molar-refractivity contribution in [1.82, 2.24) is 5.32 Å². The van der Waals surface area contributed by atoms with Crippen LogP contribution in [0.1, 0.15) is 26.3 Å². The molecule has 0 radical (unpaired) electrons. The second-order valence-corrected chi connectivity index (χ2v) is 6.04. The van der Waals surface area contributed by atoms with Crippen LogP contribution in [0.2, 0.25) is 5.02 Å². The normalized spacial score (nSPS) is 11.2. The molecule has 0 aliphatic rings. The van der Waals surface area contributed by atoms with Crippen LogP contribution in [0.15, 0.2) is 16.6 Å².